The Balaban J connectivity index is 2.27. The number of hydrogen-bond donors (Lipinski definition) is 4. The Bertz CT molecular complexity index is 2720. The number of nitrogens with one attached hydrogen (secondary N) is 4. The average molecular weight is 1390 g/mol. The number of carbonyl (C=O) groups excluding carboxylic acids is 12. The SMILES string of the molecule is CC[C@H](C)[C@@H]1NC(=O)[C@H](CC(C)C)N(C)C(=O)C[C@@H](C(=O)N2CCCC2)NC(=O)[C@H](CC(C)C)N(C)C(=O)C(C)(C)NC(=O)[C@H](CC(C)C)N(C)C(=O)[C@H](CCC2CCC(C(F)(F)F)C(F)C2)NC(=O)CN(C)C(=O)[C@H](CCCCC(F)F)N(C)C(=O)CN(C)C(=O)CN(C)C1=O. The Labute approximate surface area is 569 Å². The maximum Gasteiger partial charge on any atom is 0.394 e. The number of likely N-dealkylation sites (tertiary alicyclic amines) is 1. The summed E-state index contributed by atoms with van der Waals surface area (Å²) in [4.78, 5) is 183. The van der Waals surface area contributed by atoms with Crippen molar-refractivity contribution < 1.29 is 83.9 Å². The summed E-state index contributed by atoms with van der Waals surface area (Å²) in [6, 6.07) is -9.70. The van der Waals surface area contributed by atoms with Crippen LogP contribution in [0.25, 0.3) is 0 Å². The van der Waals surface area contributed by atoms with Crippen molar-refractivity contribution in [1.82, 2.24) is 60.5 Å². The molecule has 0 aromatic rings. The van der Waals surface area contributed by atoms with Crippen LogP contribution < -0.4 is 21.3 Å². The first kappa shape index (κ1) is 84.4. The molecule has 2 aliphatic heterocycles. The van der Waals surface area contributed by atoms with Crippen LogP contribution in [-0.4, -0.2) is 259 Å². The van der Waals surface area contributed by atoms with Crippen molar-refractivity contribution in [2.45, 2.75) is 239 Å². The molecule has 0 bridgehead atoms. The molecule has 3 rings (SSSR count). The van der Waals surface area contributed by atoms with Gasteiger partial charge in [0.25, 0.3) is 0 Å². The van der Waals surface area contributed by atoms with Gasteiger partial charge in [0.2, 0.25) is 77.3 Å². The minimum atomic E-state index is -4.80. The molecule has 97 heavy (non-hydrogen) atoms. The van der Waals surface area contributed by atoms with Gasteiger partial charge in [-0.15, -0.1) is 0 Å². The maximum absolute atomic E-state index is 15.2. The van der Waals surface area contributed by atoms with Gasteiger partial charge in [0.15, 0.2) is 0 Å². The molecule has 3 fully saturated rings. The largest absolute Gasteiger partial charge is 0.394 e. The minimum absolute atomic E-state index is 0.00435. The highest BCUT2D eigenvalue weighted by atomic mass is 19.4. The van der Waals surface area contributed by atoms with Gasteiger partial charge in [-0.1, -0.05) is 68.2 Å². The van der Waals surface area contributed by atoms with E-state index in [2.05, 4.69) is 21.3 Å². The fourth-order valence-corrected chi connectivity index (χ4v) is 12.7. The molecule has 0 aromatic heterocycles. The maximum atomic E-state index is 15.2. The quantitative estimate of drug-likeness (QED) is 0.109. The van der Waals surface area contributed by atoms with Crippen LogP contribution >= 0.6 is 0 Å². The van der Waals surface area contributed by atoms with E-state index in [-0.39, 0.29) is 75.5 Å². The number of amides is 12. The van der Waals surface area contributed by atoms with E-state index < -0.39 is 201 Å². The topological polar surface area (TPSA) is 279 Å². The highest BCUT2D eigenvalue weighted by Gasteiger charge is 2.49. The van der Waals surface area contributed by atoms with Gasteiger partial charge in [-0.05, 0) is 120 Å². The molecule has 1 saturated carbocycles. The van der Waals surface area contributed by atoms with E-state index in [1.165, 1.54) is 68.1 Å². The van der Waals surface area contributed by atoms with E-state index in [1.54, 1.807) is 41.5 Å². The minimum Gasteiger partial charge on any atom is -0.343 e. The third-order valence-electron chi connectivity index (χ3n) is 19.0. The summed E-state index contributed by atoms with van der Waals surface area (Å²) in [6.07, 6.45) is -10.9. The fraction of sp³-hybridized carbons (Fsp3) is 0.821. The van der Waals surface area contributed by atoms with Gasteiger partial charge in [-0.25, -0.2) is 13.2 Å². The number of nitrogens with zero attached hydrogens (tertiary/aromatic N) is 8. The normalized spacial score (nSPS) is 27.1. The number of rotatable bonds is 17. The lowest BCUT2D eigenvalue weighted by Gasteiger charge is -2.38. The molecular formula is C67H112F6N12O12. The Kier molecular flexibility index (Phi) is 33.1. The van der Waals surface area contributed by atoms with Crippen LogP contribution in [0.5, 0.6) is 0 Å². The number of alkyl halides is 6. The van der Waals surface area contributed by atoms with Gasteiger partial charge < -0.3 is 60.5 Å². The van der Waals surface area contributed by atoms with Crippen molar-refractivity contribution in [3.8, 4) is 0 Å². The van der Waals surface area contributed by atoms with Crippen LogP contribution in [0.15, 0.2) is 0 Å². The van der Waals surface area contributed by atoms with Crippen LogP contribution in [-0.2, 0) is 57.5 Å². The molecule has 0 aromatic carbocycles. The molecule has 24 nitrogen and oxygen atoms in total. The summed E-state index contributed by atoms with van der Waals surface area (Å²) >= 11 is 0. The van der Waals surface area contributed by atoms with Crippen molar-refractivity contribution in [3.63, 3.8) is 0 Å². The Morgan fingerprint density at radius 2 is 1.09 bits per heavy atom. The Hall–Kier alpha value is -6.78. The predicted octanol–water partition coefficient (Wildman–Crippen LogP) is 5.15. The van der Waals surface area contributed by atoms with Crippen molar-refractivity contribution in [2.24, 2.45) is 35.5 Å². The van der Waals surface area contributed by atoms with Crippen LogP contribution in [0.4, 0.5) is 26.3 Å². The van der Waals surface area contributed by atoms with Gasteiger partial charge in [0.1, 0.15) is 54.0 Å². The number of halogens is 6. The highest BCUT2D eigenvalue weighted by Crippen LogP contribution is 2.42. The molecule has 30 heteroatoms. The average Bonchev–Trinajstić information content (AvgIpc) is 1.76. The summed E-state index contributed by atoms with van der Waals surface area (Å²) in [5.41, 5.74) is -1.85. The second-order valence-corrected chi connectivity index (χ2v) is 29.0. The molecule has 2 saturated heterocycles. The van der Waals surface area contributed by atoms with E-state index in [0.29, 0.717) is 32.4 Å². The monoisotopic (exact) mass is 1390 g/mol. The van der Waals surface area contributed by atoms with Gasteiger partial charge in [-0.3, -0.25) is 57.5 Å². The van der Waals surface area contributed by atoms with E-state index in [4.69, 9.17) is 0 Å². The zero-order valence-corrected chi connectivity index (χ0v) is 60.3. The summed E-state index contributed by atoms with van der Waals surface area (Å²) in [5, 5.41) is 10.9. The van der Waals surface area contributed by atoms with Crippen LogP contribution in [0.2, 0.25) is 0 Å². The van der Waals surface area contributed by atoms with E-state index in [0.717, 1.165) is 34.3 Å². The summed E-state index contributed by atoms with van der Waals surface area (Å²) in [7, 11) is 9.01. The van der Waals surface area contributed by atoms with Gasteiger partial charge in [0, 0.05) is 68.8 Å². The van der Waals surface area contributed by atoms with E-state index in [1.807, 2.05) is 13.8 Å². The van der Waals surface area contributed by atoms with Crippen LogP contribution in [0.1, 0.15) is 172 Å². The second-order valence-electron chi connectivity index (χ2n) is 29.0. The smallest absolute Gasteiger partial charge is 0.343 e. The third-order valence-corrected chi connectivity index (χ3v) is 19.0. The lowest BCUT2D eigenvalue weighted by molar-refractivity contribution is -0.201. The molecule has 554 valence electrons. The molecule has 2 heterocycles. The third kappa shape index (κ3) is 25.2. The van der Waals surface area contributed by atoms with Crippen molar-refractivity contribution in [1.29, 1.82) is 0 Å². The van der Waals surface area contributed by atoms with Gasteiger partial charge in [-0.2, -0.15) is 13.2 Å². The van der Waals surface area contributed by atoms with Crippen molar-refractivity contribution in [3.05, 3.63) is 0 Å². The highest BCUT2D eigenvalue weighted by molar-refractivity contribution is 6.00. The Morgan fingerprint density at radius 3 is 1.62 bits per heavy atom. The molecule has 12 amide bonds. The molecule has 0 radical (unpaired) electrons. The lowest BCUT2D eigenvalue weighted by atomic mass is 9.78. The number of likely N-dealkylation sites (N-methyl/N-ethyl adjacent to an activating group) is 7. The predicted molar refractivity (Wildman–Crippen MR) is 351 cm³/mol. The molecule has 1 aliphatic carbocycles. The lowest BCUT2D eigenvalue weighted by Crippen LogP contribution is -2.63. The molecule has 3 aliphatic rings. The molecule has 4 N–H and O–H groups in total. The standard InChI is InChI=1S/C67H112F6N12O12/c1-18-42(8)57-64(96)80(13)37-55(88)78(11)38-56(89)81(14)48(23-19-20-24-52(69)70)63(95)79(12)36-53(86)74-46(28-26-43-25-27-44(45(68)34-43)67(71,72)73)61(93)83(16)51(33-41(6)7)60(92)77-66(9,10)65(97)84(17)50(32-40(4)5)58(90)75-47(62(94)85-29-21-22-30-85)35-54(87)82(15)49(31-39(2)3)59(91)76-57/h39-52,57H,18-38H2,1-17H3,(H,74,86)(H,75,90)(H,76,91)(H,77,92)/t42-,43?,44?,45?,46-,47-,48-,49-,50-,51-,57-/m0/s1. The molecule has 3 unspecified atom stereocenters. The van der Waals surface area contributed by atoms with Crippen molar-refractivity contribution in [2.75, 3.05) is 82.1 Å². The van der Waals surface area contributed by atoms with Crippen molar-refractivity contribution >= 4 is 70.9 Å². The van der Waals surface area contributed by atoms with Gasteiger partial charge in [0.05, 0.1) is 32.0 Å². The molecule has 11 atom stereocenters. The number of carbonyl (C=O) groups is 12. The number of hydrogen-bond acceptors (Lipinski definition) is 12. The zero-order chi connectivity index (χ0) is 73.9. The first-order valence-electron chi connectivity index (χ1n) is 34.2. The summed E-state index contributed by atoms with van der Waals surface area (Å²) in [5.74, 6) is -13.7. The first-order chi connectivity index (χ1) is 44.9. The molecular weight excluding hydrogens is 1280 g/mol. The van der Waals surface area contributed by atoms with Crippen LogP contribution in [0, 0.1) is 35.5 Å². The van der Waals surface area contributed by atoms with E-state index >= 15 is 4.39 Å². The second kappa shape index (κ2) is 38.0. The van der Waals surface area contributed by atoms with E-state index in [9.17, 15) is 79.5 Å². The Morgan fingerprint density at radius 1 is 0.577 bits per heavy atom. The van der Waals surface area contributed by atoms with Gasteiger partial charge >= 0.3 is 6.18 Å². The fourth-order valence-electron chi connectivity index (χ4n) is 12.7. The summed E-state index contributed by atoms with van der Waals surface area (Å²) in [6.45, 7) is 15.5. The molecule has 0 spiro atoms. The van der Waals surface area contributed by atoms with Crippen LogP contribution in [0.3, 0.4) is 0 Å². The zero-order valence-electron chi connectivity index (χ0n) is 60.3. The first-order valence-corrected chi connectivity index (χ1v) is 34.2. The summed E-state index contributed by atoms with van der Waals surface area (Å²) < 4.78 is 83.3. The number of unbranched alkanes of at least 4 members (excludes halogenated alkanes) is 1.